The number of halogens is 1. The first kappa shape index (κ1) is 19.6. The molecule has 0 atom stereocenters. The van der Waals surface area contributed by atoms with E-state index in [1.54, 1.807) is 25.1 Å². The first-order valence-electron chi connectivity index (χ1n) is 7.71. The zero-order chi connectivity index (χ0) is 18.8. The smallest absolute Gasteiger partial charge is 0.243 e. The SMILES string of the molecule is Cc1ccc(S(=O)(=O)N(C)CC(=O)Nc2ccc(Br)cc2C)c(C)c1. The van der Waals surface area contributed by atoms with Crippen molar-refractivity contribution in [2.24, 2.45) is 0 Å². The van der Waals surface area contributed by atoms with Gasteiger partial charge in [0.05, 0.1) is 11.4 Å². The second-order valence-corrected chi connectivity index (χ2v) is 8.97. The number of hydrogen-bond acceptors (Lipinski definition) is 3. The van der Waals surface area contributed by atoms with Gasteiger partial charge in [0.1, 0.15) is 0 Å². The minimum absolute atomic E-state index is 0.216. The molecule has 5 nitrogen and oxygen atoms in total. The second kappa shape index (κ2) is 7.68. The fourth-order valence-corrected chi connectivity index (χ4v) is 4.31. The van der Waals surface area contributed by atoms with Crippen molar-refractivity contribution in [3.63, 3.8) is 0 Å². The number of rotatable bonds is 5. The minimum Gasteiger partial charge on any atom is -0.325 e. The number of likely N-dealkylation sites (N-methyl/N-ethyl adjacent to an activating group) is 1. The van der Waals surface area contributed by atoms with Crippen molar-refractivity contribution in [3.8, 4) is 0 Å². The Morgan fingerprint density at radius 2 is 1.76 bits per heavy atom. The number of amides is 1. The maximum Gasteiger partial charge on any atom is 0.243 e. The van der Waals surface area contributed by atoms with Gasteiger partial charge < -0.3 is 5.32 Å². The maximum absolute atomic E-state index is 12.7. The molecule has 0 aliphatic rings. The Hall–Kier alpha value is -1.70. The summed E-state index contributed by atoms with van der Waals surface area (Å²) in [6, 6.07) is 10.6. The summed E-state index contributed by atoms with van der Waals surface area (Å²) in [6.07, 6.45) is 0. The molecule has 7 heteroatoms. The van der Waals surface area contributed by atoms with Crippen LogP contribution in [0.1, 0.15) is 16.7 Å². The molecule has 0 unspecified atom stereocenters. The van der Waals surface area contributed by atoms with E-state index in [9.17, 15) is 13.2 Å². The predicted molar refractivity (Wildman–Crippen MR) is 103 cm³/mol. The number of anilines is 1. The summed E-state index contributed by atoms with van der Waals surface area (Å²) in [4.78, 5) is 12.5. The molecule has 1 N–H and O–H groups in total. The number of nitrogens with one attached hydrogen (secondary N) is 1. The lowest BCUT2D eigenvalue weighted by Gasteiger charge is -2.19. The lowest BCUT2D eigenvalue weighted by molar-refractivity contribution is -0.116. The molecule has 2 rings (SSSR count). The molecule has 25 heavy (non-hydrogen) atoms. The van der Waals surface area contributed by atoms with Gasteiger partial charge in [0.25, 0.3) is 0 Å². The molecule has 0 heterocycles. The highest BCUT2D eigenvalue weighted by atomic mass is 79.9. The van der Waals surface area contributed by atoms with Gasteiger partial charge in [0, 0.05) is 17.2 Å². The molecule has 0 saturated heterocycles. The highest BCUT2D eigenvalue weighted by molar-refractivity contribution is 9.10. The Morgan fingerprint density at radius 1 is 1.08 bits per heavy atom. The van der Waals surface area contributed by atoms with E-state index in [0.29, 0.717) is 11.3 Å². The Labute approximate surface area is 157 Å². The van der Waals surface area contributed by atoms with Crippen LogP contribution in [0.3, 0.4) is 0 Å². The summed E-state index contributed by atoms with van der Waals surface area (Å²) in [6.45, 7) is 5.27. The van der Waals surface area contributed by atoms with Gasteiger partial charge in [-0.1, -0.05) is 33.6 Å². The zero-order valence-corrected chi connectivity index (χ0v) is 17.0. The minimum atomic E-state index is -3.73. The standard InChI is InChI=1S/C18H21BrN2O3S/c1-12-5-8-17(14(3)9-12)25(23,24)21(4)11-18(22)20-16-7-6-15(19)10-13(16)2/h5-10H,11H2,1-4H3,(H,20,22). The Balaban J connectivity index is 2.14. The van der Waals surface area contributed by atoms with Crippen LogP contribution in [-0.4, -0.2) is 32.2 Å². The average Bonchev–Trinajstić information content (AvgIpc) is 2.49. The van der Waals surface area contributed by atoms with E-state index >= 15 is 0 Å². The largest absolute Gasteiger partial charge is 0.325 e. The van der Waals surface area contributed by atoms with Gasteiger partial charge in [0.15, 0.2) is 0 Å². The molecule has 0 aliphatic carbocycles. The van der Waals surface area contributed by atoms with E-state index in [1.165, 1.54) is 7.05 Å². The summed E-state index contributed by atoms with van der Waals surface area (Å²) in [5.74, 6) is -0.388. The second-order valence-electron chi connectivity index (χ2n) is 6.04. The molecule has 0 radical (unpaired) electrons. The third-order valence-electron chi connectivity index (χ3n) is 3.85. The summed E-state index contributed by atoms with van der Waals surface area (Å²) in [5, 5.41) is 2.75. The highest BCUT2D eigenvalue weighted by Crippen LogP contribution is 2.22. The van der Waals surface area contributed by atoms with Gasteiger partial charge in [0.2, 0.25) is 15.9 Å². The van der Waals surface area contributed by atoms with E-state index < -0.39 is 10.0 Å². The average molecular weight is 425 g/mol. The van der Waals surface area contributed by atoms with Gasteiger partial charge in [-0.2, -0.15) is 4.31 Å². The molecule has 0 spiro atoms. The third-order valence-corrected chi connectivity index (χ3v) is 6.30. The number of sulfonamides is 1. The molecule has 0 aliphatic heterocycles. The summed E-state index contributed by atoms with van der Waals surface area (Å²) < 4.78 is 27.4. The Kier molecular flexibility index (Phi) is 6.03. The van der Waals surface area contributed by atoms with Gasteiger partial charge in [-0.15, -0.1) is 0 Å². The van der Waals surface area contributed by atoms with Crippen LogP contribution in [-0.2, 0) is 14.8 Å². The van der Waals surface area contributed by atoms with Gasteiger partial charge >= 0.3 is 0 Å². The van der Waals surface area contributed by atoms with Crippen molar-refractivity contribution in [2.75, 3.05) is 18.9 Å². The van der Waals surface area contributed by atoms with Crippen LogP contribution in [0.4, 0.5) is 5.69 Å². The number of carbonyl (C=O) groups is 1. The van der Waals surface area contributed by atoms with Crippen LogP contribution >= 0.6 is 15.9 Å². The Morgan fingerprint density at radius 3 is 2.36 bits per heavy atom. The first-order chi connectivity index (χ1) is 11.6. The predicted octanol–water partition coefficient (Wildman–Crippen LogP) is 3.63. The van der Waals surface area contributed by atoms with Crippen molar-refractivity contribution >= 4 is 37.5 Å². The van der Waals surface area contributed by atoms with Gasteiger partial charge in [-0.25, -0.2) is 8.42 Å². The third kappa shape index (κ3) is 4.68. The number of hydrogen-bond donors (Lipinski definition) is 1. The Bertz CT molecular complexity index is 911. The lowest BCUT2D eigenvalue weighted by atomic mass is 10.2. The highest BCUT2D eigenvalue weighted by Gasteiger charge is 2.24. The van der Waals surface area contributed by atoms with Crippen LogP contribution in [0.2, 0.25) is 0 Å². The van der Waals surface area contributed by atoms with Crippen molar-refractivity contribution in [3.05, 3.63) is 57.6 Å². The topological polar surface area (TPSA) is 66.5 Å². The van der Waals surface area contributed by atoms with Crippen LogP contribution in [0.5, 0.6) is 0 Å². The molecule has 0 aromatic heterocycles. The molecule has 0 bridgehead atoms. The van der Waals surface area contributed by atoms with Crippen molar-refractivity contribution < 1.29 is 13.2 Å². The van der Waals surface area contributed by atoms with Gasteiger partial charge in [-0.05, 0) is 56.2 Å². The van der Waals surface area contributed by atoms with E-state index in [2.05, 4.69) is 21.2 Å². The lowest BCUT2D eigenvalue weighted by Crippen LogP contribution is -2.35. The molecule has 0 saturated carbocycles. The van der Waals surface area contributed by atoms with E-state index in [1.807, 2.05) is 32.0 Å². The van der Waals surface area contributed by atoms with E-state index in [4.69, 9.17) is 0 Å². The van der Waals surface area contributed by atoms with Crippen LogP contribution in [0.25, 0.3) is 0 Å². The van der Waals surface area contributed by atoms with Crippen molar-refractivity contribution in [2.45, 2.75) is 25.7 Å². The molecule has 0 fully saturated rings. The monoisotopic (exact) mass is 424 g/mol. The van der Waals surface area contributed by atoms with Crippen molar-refractivity contribution in [1.29, 1.82) is 0 Å². The van der Waals surface area contributed by atoms with E-state index in [-0.39, 0.29) is 17.3 Å². The summed E-state index contributed by atoms with van der Waals surface area (Å²) in [7, 11) is -2.32. The van der Waals surface area contributed by atoms with Crippen LogP contribution in [0.15, 0.2) is 45.8 Å². The fourth-order valence-electron chi connectivity index (χ4n) is 2.50. The molecule has 134 valence electrons. The van der Waals surface area contributed by atoms with Gasteiger partial charge in [-0.3, -0.25) is 4.79 Å². The number of benzene rings is 2. The maximum atomic E-state index is 12.7. The van der Waals surface area contributed by atoms with Crippen LogP contribution in [0, 0.1) is 20.8 Å². The normalized spacial score (nSPS) is 11.6. The van der Waals surface area contributed by atoms with E-state index in [0.717, 1.165) is 19.9 Å². The first-order valence-corrected chi connectivity index (χ1v) is 9.94. The molecular formula is C18H21BrN2O3S. The summed E-state index contributed by atoms with van der Waals surface area (Å²) in [5.41, 5.74) is 3.20. The van der Waals surface area contributed by atoms with Crippen LogP contribution < -0.4 is 5.32 Å². The molecular weight excluding hydrogens is 404 g/mol. The fraction of sp³-hybridized carbons (Fsp3) is 0.278. The molecule has 2 aromatic carbocycles. The zero-order valence-electron chi connectivity index (χ0n) is 14.6. The molecule has 1 amide bonds. The van der Waals surface area contributed by atoms with Crippen molar-refractivity contribution in [1.82, 2.24) is 4.31 Å². The number of carbonyl (C=O) groups excluding carboxylic acids is 1. The summed E-state index contributed by atoms with van der Waals surface area (Å²) >= 11 is 3.37. The quantitative estimate of drug-likeness (QED) is 0.796. The number of aryl methyl sites for hydroxylation is 3. The molecule has 2 aromatic rings. The number of nitrogens with zero attached hydrogens (tertiary/aromatic N) is 1.